The highest BCUT2D eigenvalue weighted by Gasteiger charge is 1.87. The van der Waals surface area contributed by atoms with Crippen LogP contribution in [0.3, 0.4) is 0 Å². The molecule has 0 aliphatic carbocycles. The summed E-state index contributed by atoms with van der Waals surface area (Å²) < 4.78 is 0. The Hall–Kier alpha value is 0.830. The van der Waals surface area contributed by atoms with Crippen LogP contribution in [0.15, 0.2) is 0 Å². The fourth-order valence-corrected chi connectivity index (χ4v) is 1.33. The fourth-order valence-electron chi connectivity index (χ4n) is 0.158. The molecule has 0 saturated carbocycles. The van der Waals surface area contributed by atoms with Gasteiger partial charge in [-0.2, -0.15) is 12.6 Å². The highest BCUT2D eigenvalue weighted by molar-refractivity contribution is 9.09. The van der Waals surface area contributed by atoms with Crippen LogP contribution in [-0.4, -0.2) is 10.6 Å². The van der Waals surface area contributed by atoms with Crippen molar-refractivity contribution >= 4 is 28.6 Å². The van der Waals surface area contributed by atoms with Gasteiger partial charge >= 0.3 is 0 Å². The summed E-state index contributed by atoms with van der Waals surface area (Å²) in [7, 11) is 0. The van der Waals surface area contributed by atoms with Gasteiger partial charge in [0.25, 0.3) is 0 Å². The van der Waals surface area contributed by atoms with E-state index in [2.05, 4.69) is 35.5 Å². The third-order valence-corrected chi connectivity index (χ3v) is 1.24. The van der Waals surface area contributed by atoms with Gasteiger partial charge in [-0.15, -0.1) is 0 Å². The van der Waals surface area contributed by atoms with E-state index in [9.17, 15) is 0 Å². The largest absolute Gasteiger partial charge is 0.176 e. The Kier molecular flexibility index (Phi) is 4.56. The molecule has 0 N–H and O–H groups in total. The van der Waals surface area contributed by atoms with Crippen LogP contribution >= 0.6 is 28.6 Å². The molecule has 0 amide bonds. The molecular weight excluding hydrogens is 160 g/mol. The van der Waals surface area contributed by atoms with Crippen LogP contribution in [0.2, 0.25) is 0 Å². The molecule has 0 fully saturated rings. The third-order valence-electron chi connectivity index (χ3n) is 0.527. The van der Waals surface area contributed by atoms with E-state index in [1.165, 1.54) is 0 Å². The molecule has 0 heterocycles. The standard InChI is InChI=1S/C4H9BrS/c1-4(6)2-3-5/h4,6H,2-3H2,1H3/t4-/m1/s1. The van der Waals surface area contributed by atoms with Crippen molar-refractivity contribution in [2.24, 2.45) is 0 Å². The normalized spacial score (nSPS) is 14.5. The van der Waals surface area contributed by atoms with Crippen LogP contribution in [0.5, 0.6) is 0 Å². The number of halogens is 1. The third kappa shape index (κ3) is 4.83. The Morgan fingerprint density at radius 2 is 2.33 bits per heavy atom. The second kappa shape index (κ2) is 4.00. The van der Waals surface area contributed by atoms with E-state index in [0.29, 0.717) is 5.25 Å². The Labute approximate surface area is 52.9 Å². The number of rotatable bonds is 2. The number of thiol groups is 1. The first kappa shape index (κ1) is 6.83. The molecule has 0 aromatic heterocycles. The van der Waals surface area contributed by atoms with E-state index >= 15 is 0 Å². The molecule has 0 bridgehead atoms. The minimum Gasteiger partial charge on any atom is -0.176 e. The second-order valence-corrected chi connectivity index (χ2v) is 3.00. The predicted octanol–water partition coefficient (Wildman–Crippen LogP) is 2.09. The molecule has 0 radical (unpaired) electrons. The Balaban J connectivity index is 2.63. The SMILES string of the molecule is C[C@@H](S)CCBr. The van der Waals surface area contributed by atoms with E-state index in [1.54, 1.807) is 0 Å². The van der Waals surface area contributed by atoms with E-state index in [4.69, 9.17) is 0 Å². The van der Waals surface area contributed by atoms with Gasteiger partial charge in [0.1, 0.15) is 0 Å². The van der Waals surface area contributed by atoms with Crippen molar-refractivity contribution in [2.45, 2.75) is 18.6 Å². The minimum absolute atomic E-state index is 0.546. The van der Waals surface area contributed by atoms with Crippen molar-refractivity contribution in [3.05, 3.63) is 0 Å². The number of alkyl halides is 1. The maximum Gasteiger partial charge on any atom is 0.00416 e. The van der Waals surface area contributed by atoms with Crippen LogP contribution in [0.4, 0.5) is 0 Å². The van der Waals surface area contributed by atoms with Gasteiger partial charge in [0.2, 0.25) is 0 Å². The maximum absolute atomic E-state index is 4.15. The lowest BCUT2D eigenvalue weighted by atomic mass is 10.4. The monoisotopic (exact) mass is 168 g/mol. The van der Waals surface area contributed by atoms with E-state index in [1.807, 2.05) is 0 Å². The summed E-state index contributed by atoms with van der Waals surface area (Å²) in [6.45, 7) is 2.09. The van der Waals surface area contributed by atoms with Gasteiger partial charge in [0.05, 0.1) is 0 Å². The Morgan fingerprint density at radius 1 is 1.83 bits per heavy atom. The molecule has 1 atom stereocenters. The van der Waals surface area contributed by atoms with Gasteiger partial charge in [-0.1, -0.05) is 22.9 Å². The van der Waals surface area contributed by atoms with E-state index in [0.717, 1.165) is 11.8 Å². The molecule has 0 rings (SSSR count). The lowest BCUT2D eigenvalue weighted by molar-refractivity contribution is 0.930. The lowest BCUT2D eigenvalue weighted by Gasteiger charge is -1.94. The van der Waals surface area contributed by atoms with Crippen molar-refractivity contribution in [2.75, 3.05) is 5.33 Å². The fraction of sp³-hybridized carbons (Fsp3) is 1.00. The zero-order chi connectivity index (χ0) is 4.99. The summed E-state index contributed by atoms with van der Waals surface area (Å²) in [6, 6.07) is 0. The topological polar surface area (TPSA) is 0 Å². The van der Waals surface area contributed by atoms with Crippen LogP contribution < -0.4 is 0 Å². The summed E-state index contributed by atoms with van der Waals surface area (Å²) in [6.07, 6.45) is 1.16. The zero-order valence-corrected chi connectivity index (χ0v) is 6.30. The van der Waals surface area contributed by atoms with Gasteiger partial charge in [-0.05, 0) is 11.7 Å². The van der Waals surface area contributed by atoms with Crippen molar-refractivity contribution in [3.8, 4) is 0 Å². The van der Waals surface area contributed by atoms with Crippen molar-refractivity contribution < 1.29 is 0 Å². The average Bonchev–Trinajstić information content (AvgIpc) is 1.35. The number of hydrogen-bond acceptors (Lipinski definition) is 1. The zero-order valence-electron chi connectivity index (χ0n) is 3.82. The van der Waals surface area contributed by atoms with Gasteiger partial charge in [-0.3, -0.25) is 0 Å². The van der Waals surface area contributed by atoms with Crippen molar-refractivity contribution in [1.29, 1.82) is 0 Å². The molecule has 0 aromatic rings. The summed E-state index contributed by atoms with van der Waals surface area (Å²) >= 11 is 7.45. The molecule has 0 aromatic carbocycles. The van der Waals surface area contributed by atoms with Crippen molar-refractivity contribution in [1.82, 2.24) is 0 Å². The first-order chi connectivity index (χ1) is 2.77. The molecule has 6 heavy (non-hydrogen) atoms. The summed E-state index contributed by atoms with van der Waals surface area (Å²) in [5.41, 5.74) is 0. The van der Waals surface area contributed by atoms with E-state index in [-0.39, 0.29) is 0 Å². The second-order valence-electron chi connectivity index (χ2n) is 1.33. The molecule has 0 nitrogen and oxygen atoms in total. The molecule has 0 saturated heterocycles. The van der Waals surface area contributed by atoms with Crippen LogP contribution in [-0.2, 0) is 0 Å². The van der Waals surface area contributed by atoms with Gasteiger partial charge in [0, 0.05) is 5.33 Å². The summed E-state index contributed by atoms with van der Waals surface area (Å²) in [5.74, 6) is 0. The highest BCUT2D eigenvalue weighted by Crippen LogP contribution is 2.00. The summed E-state index contributed by atoms with van der Waals surface area (Å²) in [4.78, 5) is 0. The molecule has 0 unspecified atom stereocenters. The molecular formula is C4H9BrS. The van der Waals surface area contributed by atoms with Crippen LogP contribution in [0.25, 0.3) is 0 Å². The first-order valence-electron chi connectivity index (χ1n) is 2.01. The van der Waals surface area contributed by atoms with Gasteiger partial charge < -0.3 is 0 Å². The quantitative estimate of drug-likeness (QED) is 0.474. The van der Waals surface area contributed by atoms with Gasteiger partial charge in [0.15, 0.2) is 0 Å². The maximum atomic E-state index is 4.15. The van der Waals surface area contributed by atoms with Crippen LogP contribution in [0, 0.1) is 0 Å². The van der Waals surface area contributed by atoms with Crippen molar-refractivity contribution in [3.63, 3.8) is 0 Å². The average molecular weight is 169 g/mol. The Bertz CT molecular complexity index is 28.7. The molecule has 0 aliphatic heterocycles. The van der Waals surface area contributed by atoms with Crippen LogP contribution in [0.1, 0.15) is 13.3 Å². The van der Waals surface area contributed by atoms with Gasteiger partial charge in [-0.25, -0.2) is 0 Å². The molecule has 2 heteroatoms. The lowest BCUT2D eigenvalue weighted by Crippen LogP contribution is -1.88. The summed E-state index contributed by atoms with van der Waals surface area (Å²) in [5, 5.41) is 1.61. The smallest absolute Gasteiger partial charge is 0.00416 e. The molecule has 0 aliphatic rings. The first-order valence-corrected chi connectivity index (χ1v) is 3.65. The highest BCUT2D eigenvalue weighted by atomic mass is 79.9. The number of hydrogen-bond donors (Lipinski definition) is 1. The minimum atomic E-state index is 0.546. The predicted molar refractivity (Wildman–Crippen MR) is 36.9 cm³/mol. The Morgan fingerprint density at radius 3 is 2.33 bits per heavy atom. The molecule has 0 spiro atoms. The molecule has 38 valence electrons. The van der Waals surface area contributed by atoms with E-state index < -0.39 is 0 Å².